The molecule has 2 rings (SSSR count). The summed E-state index contributed by atoms with van der Waals surface area (Å²) in [7, 11) is 3.85. The average Bonchev–Trinajstić information content (AvgIpc) is 2.48. The van der Waals surface area contributed by atoms with Gasteiger partial charge in [-0.3, -0.25) is 0 Å². The second kappa shape index (κ2) is 6.72. The van der Waals surface area contributed by atoms with Gasteiger partial charge in [0, 0.05) is 30.9 Å². The van der Waals surface area contributed by atoms with Gasteiger partial charge in [-0.05, 0) is 38.6 Å². The van der Waals surface area contributed by atoms with Crippen LogP contribution in [0, 0.1) is 12.7 Å². The fourth-order valence-electron chi connectivity index (χ4n) is 2.48. The van der Waals surface area contributed by atoms with E-state index in [2.05, 4.69) is 41.4 Å². The lowest BCUT2D eigenvalue weighted by Gasteiger charge is -2.25. The number of aryl methyl sites for hydroxylation is 1. The number of nitrogens with one attached hydrogen (secondary N) is 1. The van der Waals surface area contributed by atoms with Crippen molar-refractivity contribution in [3.8, 4) is 0 Å². The molecule has 0 saturated heterocycles. The molecule has 0 aliphatic heterocycles. The van der Waals surface area contributed by atoms with Gasteiger partial charge in [0.05, 0.1) is 0 Å². The number of halogens is 1. The van der Waals surface area contributed by atoms with Crippen LogP contribution in [-0.2, 0) is 6.54 Å². The van der Waals surface area contributed by atoms with Crippen molar-refractivity contribution < 1.29 is 4.39 Å². The average molecular weight is 286 g/mol. The van der Waals surface area contributed by atoms with Crippen LogP contribution in [0.5, 0.6) is 0 Å². The van der Waals surface area contributed by atoms with Crippen molar-refractivity contribution in [1.82, 2.24) is 5.32 Å². The first kappa shape index (κ1) is 15.5. The molecule has 0 saturated carbocycles. The zero-order valence-corrected chi connectivity index (χ0v) is 13.2. The minimum atomic E-state index is -0.162. The molecule has 0 radical (unpaired) electrons. The van der Waals surface area contributed by atoms with Crippen molar-refractivity contribution in [2.24, 2.45) is 0 Å². The lowest BCUT2D eigenvalue weighted by Crippen LogP contribution is -2.22. The largest absolute Gasteiger partial charge is 0.370 e. The fraction of sp³-hybridized carbons (Fsp3) is 0.333. The molecular formula is C18H23FN2. The van der Waals surface area contributed by atoms with E-state index < -0.39 is 0 Å². The SMILES string of the molecule is CNC(C)c1c(F)cccc1N(C)Cc1ccc(C)cc1. The summed E-state index contributed by atoms with van der Waals surface area (Å²) >= 11 is 0. The molecule has 2 aromatic rings. The van der Waals surface area contributed by atoms with Crippen LogP contribution >= 0.6 is 0 Å². The molecule has 0 bridgehead atoms. The molecule has 0 spiro atoms. The highest BCUT2D eigenvalue weighted by Crippen LogP contribution is 2.29. The molecule has 0 aliphatic rings. The van der Waals surface area contributed by atoms with E-state index in [1.54, 1.807) is 6.07 Å². The van der Waals surface area contributed by atoms with E-state index in [0.717, 1.165) is 17.8 Å². The Balaban J connectivity index is 2.28. The molecule has 0 aromatic heterocycles. The summed E-state index contributed by atoms with van der Waals surface area (Å²) in [5, 5.41) is 3.12. The number of rotatable bonds is 5. The molecule has 1 unspecified atom stereocenters. The van der Waals surface area contributed by atoms with E-state index in [1.165, 1.54) is 17.2 Å². The Hall–Kier alpha value is -1.87. The molecule has 21 heavy (non-hydrogen) atoms. The van der Waals surface area contributed by atoms with Crippen molar-refractivity contribution in [2.75, 3.05) is 19.0 Å². The predicted molar refractivity (Wildman–Crippen MR) is 87.2 cm³/mol. The number of hydrogen-bond donors (Lipinski definition) is 1. The van der Waals surface area contributed by atoms with Gasteiger partial charge in [0.2, 0.25) is 0 Å². The standard InChI is InChI=1S/C18H23FN2/c1-13-8-10-15(11-9-13)12-21(4)17-7-5-6-16(19)18(17)14(2)20-3/h5-11,14,20H,12H2,1-4H3. The summed E-state index contributed by atoms with van der Waals surface area (Å²) in [5.41, 5.74) is 4.11. The maximum absolute atomic E-state index is 14.2. The van der Waals surface area contributed by atoms with Gasteiger partial charge in [-0.1, -0.05) is 35.9 Å². The molecule has 0 aliphatic carbocycles. The number of hydrogen-bond acceptors (Lipinski definition) is 2. The Morgan fingerprint density at radius 1 is 1.14 bits per heavy atom. The van der Waals surface area contributed by atoms with Gasteiger partial charge < -0.3 is 10.2 Å². The third-order valence-corrected chi connectivity index (χ3v) is 3.85. The first-order valence-electron chi connectivity index (χ1n) is 7.25. The van der Waals surface area contributed by atoms with Crippen LogP contribution in [0.2, 0.25) is 0 Å². The van der Waals surface area contributed by atoms with Crippen LogP contribution in [-0.4, -0.2) is 14.1 Å². The second-order valence-electron chi connectivity index (χ2n) is 5.52. The van der Waals surface area contributed by atoms with Crippen molar-refractivity contribution in [2.45, 2.75) is 26.4 Å². The van der Waals surface area contributed by atoms with Crippen LogP contribution in [0.1, 0.15) is 29.7 Å². The quantitative estimate of drug-likeness (QED) is 0.892. The molecular weight excluding hydrogens is 263 g/mol. The zero-order chi connectivity index (χ0) is 15.4. The summed E-state index contributed by atoms with van der Waals surface area (Å²) in [6.45, 7) is 4.81. The Kier molecular flexibility index (Phi) is 4.97. The van der Waals surface area contributed by atoms with E-state index in [-0.39, 0.29) is 11.9 Å². The van der Waals surface area contributed by atoms with E-state index in [0.29, 0.717) is 0 Å². The van der Waals surface area contributed by atoms with Crippen molar-refractivity contribution in [3.63, 3.8) is 0 Å². The van der Waals surface area contributed by atoms with Gasteiger partial charge in [0.25, 0.3) is 0 Å². The number of nitrogens with zero attached hydrogens (tertiary/aromatic N) is 1. The summed E-state index contributed by atoms with van der Waals surface area (Å²) in [4.78, 5) is 2.09. The highest BCUT2D eigenvalue weighted by Gasteiger charge is 2.16. The fourth-order valence-corrected chi connectivity index (χ4v) is 2.48. The maximum atomic E-state index is 14.2. The van der Waals surface area contributed by atoms with Crippen LogP contribution < -0.4 is 10.2 Å². The Labute approximate surface area is 126 Å². The molecule has 0 fully saturated rings. The van der Waals surface area contributed by atoms with Crippen LogP contribution in [0.3, 0.4) is 0 Å². The Morgan fingerprint density at radius 2 is 1.81 bits per heavy atom. The Morgan fingerprint density at radius 3 is 2.43 bits per heavy atom. The van der Waals surface area contributed by atoms with Crippen molar-refractivity contribution in [3.05, 3.63) is 65.0 Å². The minimum absolute atomic E-state index is 0.0262. The monoisotopic (exact) mass is 286 g/mol. The second-order valence-corrected chi connectivity index (χ2v) is 5.52. The summed E-state index contributed by atoms with van der Waals surface area (Å²) in [5.74, 6) is -0.162. The third-order valence-electron chi connectivity index (χ3n) is 3.85. The van der Waals surface area contributed by atoms with E-state index >= 15 is 0 Å². The zero-order valence-electron chi connectivity index (χ0n) is 13.2. The Bertz CT molecular complexity index is 593. The molecule has 0 amide bonds. The van der Waals surface area contributed by atoms with E-state index in [1.807, 2.05) is 27.1 Å². The van der Waals surface area contributed by atoms with Crippen LogP contribution in [0.4, 0.5) is 10.1 Å². The minimum Gasteiger partial charge on any atom is -0.370 e. The van der Waals surface area contributed by atoms with Gasteiger partial charge in [0.1, 0.15) is 5.82 Å². The molecule has 2 nitrogen and oxygen atoms in total. The maximum Gasteiger partial charge on any atom is 0.130 e. The van der Waals surface area contributed by atoms with Gasteiger partial charge in [0.15, 0.2) is 0 Å². The normalized spacial score (nSPS) is 12.2. The molecule has 0 heterocycles. The van der Waals surface area contributed by atoms with Crippen molar-refractivity contribution in [1.29, 1.82) is 0 Å². The highest BCUT2D eigenvalue weighted by atomic mass is 19.1. The van der Waals surface area contributed by atoms with Crippen LogP contribution in [0.25, 0.3) is 0 Å². The van der Waals surface area contributed by atoms with Gasteiger partial charge >= 0.3 is 0 Å². The molecule has 1 atom stereocenters. The van der Waals surface area contributed by atoms with Crippen LogP contribution in [0.15, 0.2) is 42.5 Å². The van der Waals surface area contributed by atoms with Gasteiger partial charge in [-0.15, -0.1) is 0 Å². The van der Waals surface area contributed by atoms with Gasteiger partial charge in [-0.2, -0.15) is 0 Å². The number of benzene rings is 2. The number of anilines is 1. The van der Waals surface area contributed by atoms with E-state index in [4.69, 9.17) is 0 Å². The van der Waals surface area contributed by atoms with E-state index in [9.17, 15) is 4.39 Å². The highest BCUT2D eigenvalue weighted by molar-refractivity contribution is 5.55. The summed E-state index contributed by atoms with van der Waals surface area (Å²) < 4.78 is 14.2. The smallest absolute Gasteiger partial charge is 0.130 e. The molecule has 3 heteroatoms. The summed E-state index contributed by atoms with van der Waals surface area (Å²) in [6.07, 6.45) is 0. The molecule has 112 valence electrons. The van der Waals surface area contributed by atoms with Crippen molar-refractivity contribution >= 4 is 5.69 Å². The van der Waals surface area contributed by atoms with Gasteiger partial charge in [-0.25, -0.2) is 4.39 Å². The topological polar surface area (TPSA) is 15.3 Å². The molecule has 2 aromatic carbocycles. The molecule has 1 N–H and O–H groups in total. The first-order chi connectivity index (χ1) is 10.0. The summed E-state index contributed by atoms with van der Waals surface area (Å²) in [6, 6.07) is 13.7. The predicted octanol–water partition coefficient (Wildman–Crippen LogP) is 4.05. The lowest BCUT2D eigenvalue weighted by atomic mass is 10.0. The first-order valence-corrected chi connectivity index (χ1v) is 7.25. The lowest BCUT2D eigenvalue weighted by molar-refractivity contribution is 0.560. The third kappa shape index (κ3) is 3.61.